The standard InChI is InChI=1S/C21H30N4O4S/c1-2-25-19-8-7-17(30(27,28)24-11-13-29-14-12-24)15-18(19)23-20(25)9-10-21(26)22-16-5-3-4-6-16/h7-8,15-16H,2-6,9-14H2,1H3,(H,22,26). The monoisotopic (exact) mass is 434 g/mol. The molecule has 0 bridgehead atoms. The van der Waals surface area contributed by atoms with Crippen LogP contribution in [0.25, 0.3) is 11.0 Å². The number of fused-ring (bicyclic) bond motifs is 1. The van der Waals surface area contributed by atoms with Crippen LogP contribution in [0.1, 0.15) is 44.9 Å². The van der Waals surface area contributed by atoms with Gasteiger partial charge in [0.1, 0.15) is 5.82 Å². The average molecular weight is 435 g/mol. The molecule has 0 spiro atoms. The number of rotatable bonds is 7. The largest absolute Gasteiger partial charge is 0.379 e. The Morgan fingerprint density at radius 1 is 1.23 bits per heavy atom. The van der Waals surface area contributed by atoms with E-state index in [1.807, 2.05) is 13.0 Å². The summed E-state index contributed by atoms with van der Waals surface area (Å²) < 4.78 is 34.7. The fraction of sp³-hybridized carbons (Fsp3) is 0.619. The Morgan fingerprint density at radius 2 is 1.97 bits per heavy atom. The van der Waals surface area contributed by atoms with Crippen LogP contribution in [0.3, 0.4) is 0 Å². The van der Waals surface area contributed by atoms with Crippen LogP contribution in [-0.2, 0) is 32.5 Å². The fourth-order valence-electron chi connectivity index (χ4n) is 4.40. The van der Waals surface area contributed by atoms with Gasteiger partial charge in [0, 0.05) is 38.5 Å². The van der Waals surface area contributed by atoms with Gasteiger partial charge >= 0.3 is 0 Å². The van der Waals surface area contributed by atoms with E-state index in [-0.39, 0.29) is 10.8 Å². The maximum atomic E-state index is 13.0. The van der Waals surface area contributed by atoms with Crippen LogP contribution < -0.4 is 5.32 Å². The number of ether oxygens (including phenoxy) is 1. The van der Waals surface area contributed by atoms with E-state index in [0.717, 1.165) is 24.2 Å². The molecule has 4 rings (SSSR count). The van der Waals surface area contributed by atoms with E-state index in [4.69, 9.17) is 4.74 Å². The third-order valence-electron chi connectivity index (χ3n) is 6.02. The number of carbonyl (C=O) groups is 1. The lowest BCUT2D eigenvalue weighted by atomic mass is 10.2. The van der Waals surface area contributed by atoms with Gasteiger partial charge in [0.25, 0.3) is 0 Å². The normalized spacial score (nSPS) is 18.8. The number of carbonyl (C=O) groups excluding carboxylic acids is 1. The van der Waals surface area contributed by atoms with Crippen molar-refractivity contribution in [1.29, 1.82) is 0 Å². The molecule has 0 unspecified atom stereocenters. The second-order valence-electron chi connectivity index (χ2n) is 7.99. The SMILES string of the molecule is CCn1c(CCC(=O)NC2CCCC2)nc2cc(S(=O)(=O)N3CCOCC3)ccc21. The van der Waals surface area contributed by atoms with Gasteiger partial charge in [0.05, 0.1) is 29.1 Å². The van der Waals surface area contributed by atoms with Gasteiger partial charge < -0.3 is 14.6 Å². The van der Waals surface area contributed by atoms with Crippen molar-refractivity contribution >= 4 is 27.0 Å². The van der Waals surface area contributed by atoms with Crippen molar-refractivity contribution in [1.82, 2.24) is 19.2 Å². The molecule has 1 aromatic carbocycles. The zero-order valence-corrected chi connectivity index (χ0v) is 18.3. The molecule has 0 radical (unpaired) electrons. The van der Waals surface area contributed by atoms with Crippen molar-refractivity contribution in [2.45, 2.75) is 62.9 Å². The number of aromatic nitrogens is 2. The quantitative estimate of drug-likeness (QED) is 0.720. The summed E-state index contributed by atoms with van der Waals surface area (Å²) in [6, 6.07) is 5.43. The molecule has 1 aliphatic heterocycles. The first kappa shape index (κ1) is 21.3. The second-order valence-corrected chi connectivity index (χ2v) is 9.93. The van der Waals surface area contributed by atoms with E-state index >= 15 is 0 Å². The van der Waals surface area contributed by atoms with Crippen molar-refractivity contribution < 1.29 is 17.9 Å². The van der Waals surface area contributed by atoms with Gasteiger partial charge in [-0.15, -0.1) is 0 Å². The molecular formula is C21H30N4O4S. The van der Waals surface area contributed by atoms with Gasteiger partial charge in [0.15, 0.2) is 0 Å². The maximum Gasteiger partial charge on any atom is 0.243 e. The first-order chi connectivity index (χ1) is 14.5. The molecule has 1 aromatic heterocycles. The van der Waals surface area contributed by atoms with Crippen molar-refractivity contribution in [3.8, 4) is 0 Å². The summed E-state index contributed by atoms with van der Waals surface area (Å²) in [5, 5.41) is 3.11. The molecule has 8 nitrogen and oxygen atoms in total. The summed E-state index contributed by atoms with van der Waals surface area (Å²) in [5.74, 6) is 0.877. The molecule has 2 fully saturated rings. The lowest BCUT2D eigenvalue weighted by Crippen LogP contribution is -2.40. The van der Waals surface area contributed by atoms with Gasteiger partial charge in [-0.05, 0) is 38.0 Å². The second kappa shape index (κ2) is 9.03. The van der Waals surface area contributed by atoms with E-state index in [0.29, 0.717) is 57.2 Å². The number of hydrogen-bond donors (Lipinski definition) is 1. The first-order valence-corrected chi connectivity index (χ1v) is 12.3. The molecule has 1 saturated carbocycles. The lowest BCUT2D eigenvalue weighted by molar-refractivity contribution is -0.121. The first-order valence-electron chi connectivity index (χ1n) is 10.9. The van der Waals surface area contributed by atoms with Crippen LogP contribution in [0.2, 0.25) is 0 Å². The number of nitrogens with one attached hydrogen (secondary N) is 1. The Kier molecular flexibility index (Phi) is 6.40. The van der Waals surface area contributed by atoms with Crippen LogP contribution in [-0.4, -0.2) is 60.5 Å². The average Bonchev–Trinajstić information content (AvgIpc) is 3.39. The minimum absolute atomic E-state index is 0.0622. The number of morpholine rings is 1. The molecule has 1 saturated heterocycles. The Bertz CT molecular complexity index is 1010. The number of hydrogen-bond acceptors (Lipinski definition) is 5. The van der Waals surface area contributed by atoms with Gasteiger partial charge in [-0.3, -0.25) is 4.79 Å². The fourth-order valence-corrected chi connectivity index (χ4v) is 5.82. The Balaban J connectivity index is 1.52. The van der Waals surface area contributed by atoms with Gasteiger partial charge in [0.2, 0.25) is 15.9 Å². The van der Waals surface area contributed by atoms with Crippen LogP contribution in [0.5, 0.6) is 0 Å². The summed E-state index contributed by atoms with van der Waals surface area (Å²) in [5.41, 5.74) is 1.54. The number of sulfonamides is 1. The lowest BCUT2D eigenvalue weighted by Gasteiger charge is -2.26. The van der Waals surface area contributed by atoms with Crippen LogP contribution >= 0.6 is 0 Å². The van der Waals surface area contributed by atoms with Crippen molar-refractivity contribution in [3.63, 3.8) is 0 Å². The molecule has 1 aliphatic carbocycles. The summed E-state index contributed by atoms with van der Waals surface area (Å²) in [6.45, 7) is 4.31. The van der Waals surface area contributed by atoms with E-state index < -0.39 is 10.0 Å². The number of benzene rings is 1. The molecule has 30 heavy (non-hydrogen) atoms. The molecule has 164 valence electrons. The van der Waals surface area contributed by atoms with E-state index in [9.17, 15) is 13.2 Å². The number of imidazole rings is 1. The number of amides is 1. The molecule has 2 aliphatic rings. The molecule has 1 amide bonds. The van der Waals surface area contributed by atoms with Gasteiger partial charge in [-0.1, -0.05) is 12.8 Å². The Hall–Kier alpha value is -1.97. The minimum Gasteiger partial charge on any atom is -0.379 e. The third kappa shape index (κ3) is 4.38. The minimum atomic E-state index is -3.56. The highest BCUT2D eigenvalue weighted by Gasteiger charge is 2.27. The molecule has 0 atom stereocenters. The maximum absolute atomic E-state index is 13.0. The molecule has 9 heteroatoms. The van der Waals surface area contributed by atoms with Gasteiger partial charge in [-0.25, -0.2) is 13.4 Å². The van der Waals surface area contributed by atoms with E-state index in [1.165, 1.54) is 17.1 Å². The predicted molar refractivity (Wildman–Crippen MR) is 114 cm³/mol. The zero-order chi connectivity index (χ0) is 21.1. The van der Waals surface area contributed by atoms with Crippen LogP contribution in [0.15, 0.2) is 23.1 Å². The Morgan fingerprint density at radius 3 is 2.67 bits per heavy atom. The van der Waals surface area contributed by atoms with Gasteiger partial charge in [-0.2, -0.15) is 4.31 Å². The predicted octanol–water partition coefficient (Wildman–Crippen LogP) is 2.07. The topological polar surface area (TPSA) is 93.5 Å². The van der Waals surface area contributed by atoms with Crippen LogP contribution in [0.4, 0.5) is 0 Å². The van der Waals surface area contributed by atoms with E-state index in [1.54, 1.807) is 12.1 Å². The van der Waals surface area contributed by atoms with Crippen molar-refractivity contribution in [3.05, 3.63) is 24.0 Å². The molecule has 2 heterocycles. The number of nitrogens with zero attached hydrogens (tertiary/aromatic N) is 3. The smallest absolute Gasteiger partial charge is 0.243 e. The summed E-state index contributed by atoms with van der Waals surface area (Å²) >= 11 is 0. The van der Waals surface area contributed by atoms with E-state index in [2.05, 4.69) is 14.9 Å². The molecule has 1 N–H and O–H groups in total. The number of aryl methyl sites for hydroxylation is 2. The Labute approximate surface area is 177 Å². The molecular weight excluding hydrogens is 404 g/mol. The summed E-state index contributed by atoms with van der Waals surface area (Å²) in [6.07, 6.45) is 5.43. The summed E-state index contributed by atoms with van der Waals surface area (Å²) in [4.78, 5) is 17.2. The highest BCUT2D eigenvalue weighted by Crippen LogP contribution is 2.24. The highest BCUT2D eigenvalue weighted by atomic mass is 32.2. The zero-order valence-electron chi connectivity index (χ0n) is 17.5. The third-order valence-corrected chi connectivity index (χ3v) is 7.91. The van der Waals surface area contributed by atoms with Crippen LogP contribution in [0, 0.1) is 0 Å². The summed E-state index contributed by atoms with van der Waals surface area (Å²) in [7, 11) is -3.56. The van der Waals surface area contributed by atoms with Crippen molar-refractivity contribution in [2.24, 2.45) is 0 Å². The highest BCUT2D eigenvalue weighted by molar-refractivity contribution is 7.89. The molecule has 2 aromatic rings. The van der Waals surface area contributed by atoms with Crippen molar-refractivity contribution in [2.75, 3.05) is 26.3 Å².